The molecule has 0 saturated carbocycles. The van der Waals surface area contributed by atoms with Gasteiger partial charge in [-0.25, -0.2) is 15.0 Å². The minimum atomic E-state index is -0.504. The van der Waals surface area contributed by atoms with Gasteiger partial charge in [0, 0.05) is 36.2 Å². The Morgan fingerprint density at radius 2 is 2.11 bits per heavy atom. The Hall–Kier alpha value is -3.20. The molecule has 0 bridgehead atoms. The zero-order valence-electron chi connectivity index (χ0n) is 14.6. The summed E-state index contributed by atoms with van der Waals surface area (Å²) in [4.78, 5) is 23.1. The molecule has 3 aromatic rings. The van der Waals surface area contributed by atoms with Crippen LogP contribution in [0.4, 0.5) is 23.0 Å². The van der Waals surface area contributed by atoms with Crippen LogP contribution < -0.4 is 10.6 Å². The van der Waals surface area contributed by atoms with Crippen LogP contribution in [0.5, 0.6) is 0 Å². The number of hydrogen-bond donors (Lipinski definition) is 2. The summed E-state index contributed by atoms with van der Waals surface area (Å²) in [5, 5.41) is 18.1. The third kappa shape index (κ3) is 4.70. The average molecular weight is 388 g/mol. The van der Waals surface area contributed by atoms with Crippen LogP contribution in [0.3, 0.4) is 0 Å². The van der Waals surface area contributed by atoms with Gasteiger partial charge in [-0.15, -0.1) is 0 Å². The first-order valence-corrected chi connectivity index (χ1v) is 8.64. The van der Waals surface area contributed by atoms with Crippen molar-refractivity contribution in [3.8, 4) is 0 Å². The zero-order valence-corrected chi connectivity index (χ0v) is 15.3. The van der Waals surface area contributed by atoms with Gasteiger partial charge >= 0.3 is 5.69 Å². The lowest BCUT2D eigenvalue weighted by atomic mass is 10.2. The van der Waals surface area contributed by atoms with E-state index in [2.05, 4.69) is 25.6 Å². The fourth-order valence-electron chi connectivity index (χ4n) is 2.47. The van der Waals surface area contributed by atoms with Gasteiger partial charge < -0.3 is 15.2 Å². The van der Waals surface area contributed by atoms with E-state index in [0.717, 1.165) is 18.5 Å². The van der Waals surface area contributed by atoms with Crippen molar-refractivity contribution in [3.05, 3.63) is 63.9 Å². The van der Waals surface area contributed by atoms with E-state index in [0.29, 0.717) is 17.3 Å². The second-order valence-corrected chi connectivity index (χ2v) is 6.25. The summed E-state index contributed by atoms with van der Waals surface area (Å²) in [6.45, 7) is 3.15. The molecule has 0 radical (unpaired) electrons. The van der Waals surface area contributed by atoms with E-state index in [9.17, 15) is 10.1 Å². The molecule has 10 heteroatoms. The number of benzene rings is 1. The number of imidazole rings is 1. The summed E-state index contributed by atoms with van der Waals surface area (Å²) in [5.41, 5.74) is 1.31. The highest BCUT2D eigenvalue weighted by molar-refractivity contribution is 6.31. The molecule has 0 unspecified atom stereocenters. The monoisotopic (exact) mass is 387 g/mol. The SMILES string of the molecule is Cc1ccc(Nc2ncnc(NCCCn3ccnc3)c2[N+](=O)[O-])cc1Cl. The highest BCUT2D eigenvalue weighted by atomic mass is 35.5. The maximum atomic E-state index is 11.6. The predicted molar refractivity (Wildman–Crippen MR) is 103 cm³/mol. The molecule has 3 rings (SSSR count). The summed E-state index contributed by atoms with van der Waals surface area (Å²) in [7, 11) is 0. The highest BCUT2D eigenvalue weighted by Gasteiger charge is 2.23. The maximum absolute atomic E-state index is 11.6. The third-order valence-corrected chi connectivity index (χ3v) is 4.29. The van der Waals surface area contributed by atoms with Gasteiger partial charge in [-0.05, 0) is 31.0 Å². The summed E-state index contributed by atoms with van der Waals surface area (Å²) < 4.78 is 1.93. The largest absolute Gasteiger partial charge is 0.364 e. The van der Waals surface area contributed by atoms with Crippen molar-refractivity contribution in [1.29, 1.82) is 0 Å². The van der Waals surface area contributed by atoms with Crippen molar-refractivity contribution in [3.63, 3.8) is 0 Å². The number of nitro groups is 1. The molecule has 1 aromatic carbocycles. The lowest BCUT2D eigenvalue weighted by molar-refractivity contribution is -0.383. The standard InChI is InChI=1S/C17H18ClN7O2/c1-12-3-4-13(9-14(12)18)23-17-15(25(26)27)16(21-10-22-17)20-5-2-7-24-8-6-19-11-24/h3-4,6,8-11H,2,5,7H2,1H3,(H2,20,21,22,23). The lowest BCUT2D eigenvalue weighted by Gasteiger charge is -2.11. The predicted octanol–water partition coefficient (Wildman–Crippen LogP) is 3.79. The second kappa shape index (κ2) is 8.45. The Balaban J connectivity index is 1.73. The average Bonchev–Trinajstić information content (AvgIpc) is 3.15. The molecule has 27 heavy (non-hydrogen) atoms. The molecule has 0 aliphatic heterocycles. The van der Waals surface area contributed by atoms with E-state index in [1.165, 1.54) is 6.33 Å². The molecule has 2 N–H and O–H groups in total. The molecule has 2 aromatic heterocycles. The van der Waals surface area contributed by atoms with Crippen LogP contribution in [0.15, 0.2) is 43.2 Å². The quantitative estimate of drug-likeness (QED) is 0.343. The number of aryl methyl sites for hydroxylation is 2. The summed E-state index contributed by atoms with van der Waals surface area (Å²) >= 11 is 6.12. The Labute approximate surface area is 160 Å². The number of aromatic nitrogens is 4. The van der Waals surface area contributed by atoms with Crippen molar-refractivity contribution in [2.75, 3.05) is 17.2 Å². The van der Waals surface area contributed by atoms with Crippen molar-refractivity contribution in [2.45, 2.75) is 19.9 Å². The highest BCUT2D eigenvalue weighted by Crippen LogP contribution is 2.32. The van der Waals surface area contributed by atoms with Gasteiger partial charge in [0.2, 0.25) is 11.6 Å². The smallest absolute Gasteiger partial charge is 0.353 e. The van der Waals surface area contributed by atoms with Crippen LogP contribution in [0.1, 0.15) is 12.0 Å². The van der Waals surface area contributed by atoms with Crippen molar-refractivity contribution in [2.24, 2.45) is 0 Å². The van der Waals surface area contributed by atoms with Crippen molar-refractivity contribution < 1.29 is 4.92 Å². The van der Waals surface area contributed by atoms with Gasteiger partial charge in [-0.3, -0.25) is 10.1 Å². The fourth-order valence-corrected chi connectivity index (χ4v) is 2.65. The Morgan fingerprint density at radius 1 is 1.30 bits per heavy atom. The molecule has 0 saturated heterocycles. The van der Waals surface area contributed by atoms with Crippen LogP contribution in [-0.2, 0) is 6.54 Å². The maximum Gasteiger partial charge on any atom is 0.353 e. The molecule has 0 aliphatic carbocycles. The molecule has 0 atom stereocenters. The summed E-state index contributed by atoms with van der Waals surface area (Å²) in [5.74, 6) is 0.272. The van der Waals surface area contributed by atoms with E-state index < -0.39 is 4.92 Å². The minimum absolute atomic E-state index is 0.104. The molecule has 0 aliphatic rings. The van der Waals surface area contributed by atoms with E-state index in [1.807, 2.05) is 23.8 Å². The van der Waals surface area contributed by atoms with Gasteiger partial charge in [0.1, 0.15) is 6.33 Å². The van der Waals surface area contributed by atoms with Gasteiger partial charge in [-0.1, -0.05) is 17.7 Å². The van der Waals surface area contributed by atoms with E-state index in [1.54, 1.807) is 24.7 Å². The van der Waals surface area contributed by atoms with Gasteiger partial charge in [0.25, 0.3) is 0 Å². The van der Waals surface area contributed by atoms with Crippen molar-refractivity contribution in [1.82, 2.24) is 19.5 Å². The van der Waals surface area contributed by atoms with Crippen molar-refractivity contribution >= 4 is 34.6 Å². The second-order valence-electron chi connectivity index (χ2n) is 5.85. The van der Waals surface area contributed by atoms with Crippen LogP contribution >= 0.6 is 11.6 Å². The lowest BCUT2D eigenvalue weighted by Crippen LogP contribution is -2.10. The van der Waals surface area contributed by atoms with Gasteiger partial charge in [0.05, 0.1) is 11.3 Å². The number of hydrogen-bond acceptors (Lipinski definition) is 7. The topological polar surface area (TPSA) is 111 Å². The third-order valence-electron chi connectivity index (χ3n) is 3.88. The van der Waals surface area contributed by atoms with E-state index in [4.69, 9.17) is 11.6 Å². The Bertz CT molecular complexity index is 931. The Kier molecular flexibility index (Phi) is 5.82. The normalized spacial score (nSPS) is 10.6. The zero-order chi connectivity index (χ0) is 19.2. The fraction of sp³-hybridized carbons (Fsp3) is 0.235. The summed E-state index contributed by atoms with van der Waals surface area (Å²) in [6.07, 6.45) is 7.33. The first-order chi connectivity index (χ1) is 13.0. The first-order valence-electron chi connectivity index (χ1n) is 8.27. The number of halogens is 1. The van der Waals surface area contributed by atoms with Crippen LogP contribution in [0.2, 0.25) is 5.02 Å². The minimum Gasteiger partial charge on any atom is -0.364 e. The van der Waals surface area contributed by atoms with Gasteiger partial charge in [0.15, 0.2) is 0 Å². The number of nitrogens with one attached hydrogen (secondary N) is 2. The van der Waals surface area contributed by atoms with Gasteiger partial charge in [-0.2, -0.15) is 0 Å². The van der Waals surface area contributed by atoms with E-state index in [-0.39, 0.29) is 17.3 Å². The molecule has 2 heterocycles. The molecule has 140 valence electrons. The van der Waals surface area contributed by atoms with Crippen LogP contribution in [0, 0.1) is 17.0 Å². The molecule has 9 nitrogen and oxygen atoms in total. The number of rotatable bonds is 8. The van der Waals surface area contributed by atoms with Crippen LogP contribution in [0.25, 0.3) is 0 Å². The molecule has 0 amide bonds. The molecule has 0 fully saturated rings. The molecule has 0 spiro atoms. The first kappa shape index (κ1) is 18.6. The molecular formula is C17H18ClN7O2. The molecular weight excluding hydrogens is 370 g/mol. The Morgan fingerprint density at radius 3 is 2.81 bits per heavy atom. The van der Waals surface area contributed by atoms with E-state index >= 15 is 0 Å². The van der Waals surface area contributed by atoms with Crippen LogP contribution in [-0.4, -0.2) is 31.0 Å². The summed E-state index contributed by atoms with van der Waals surface area (Å²) in [6, 6.07) is 5.30. The number of anilines is 3. The number of nitrogens with zero attached hydrogens (tertiary/aromatic N) is 5.